The van der Waals surface area contributed by atoms with Crippen LogP contribution in [0.15, 0.2) is 75.6 Å². The summed E-state index contributed by atoms with van der Waals surface area (Å²) in [5.41, 5.74) is 2.84. The smallest absolute Gasteiger partial charge is 0.339 e. The van der Waals surface area contributed by atoms with Gasteiger partial charge < -0.3 is 14.2 Å². The van der Waals surface area contributed by atoms with E-state index in [1.165, 1.54) is 24.3 Å². The van der Waals surface area contributed by atoms with Gasteiger partial charge in [0.1, 0.15) is 16.5 Å². The van der Waals surface area contributed by atoms with Crippen LogP contribution in [0.5, 0.6) is 11.5 Å². The monoisotopic (exact) mass is 554 g/mol. The van der Waals surface area contributed by atoms with Crippen LogP contribution >= 0.6 is 15.9 Å². The van der Waals surface area contributed by atoms with E-state index < -0.39 is 16.0 Å². The molecule has 3 rings (SSSR count). The van der Waals surface area contributed by atoms with Crippen molar-refractivity contribution in [3.8, 4) is 17.6 Å². The van der Waals surface area contributed by atoms with Crippen molar-refractivity contribution in [1.82, 2.24) is 0 Å². The number of rotatable bonds is 8. The van der Waals surface area contributed by atoms with Crippen LogP contribution in [0.2, 0.25) is 0 Å². The summed E-state index contributed by atoms with van der Waals surface area (Å²) in [7, 11) is -4.11. The molecule has 0 aromatic heterocycles. The van der Waals surface area contributed by atoms with E-state index in [0.29, 0.717) is 11.3 Å². The lowest BCUT2D eigenvalue weighted by atomic mass is 10.1. The molecule has 1 N–H and O–H groups in total. The molecule has 0 spiro atoms. The van der Waals surface area contributed by atoms with Gasteiger partial charge in [-0.2, -0.15) is 13.7 Å². The molecular formula is C26H23BrN2O5S. The maximum atomic E-state index is 12.8. The van der Waals surface area contributed by atoms with Gasteiger partial charge in [0.25, 0.3) is 5.91 Å². The lowest BCUT2D eigenvalue weighted by Gasteiger charge is -2.15. The Morgan fingerprint density at radius 1 is 1.11 bits per heavy atom. The Morgan fingerprint density at radius 2 is 1.83 bits per heavy atom. The molecule has 9 heteroatoms. The quantitative estimate of drug-likeness (QED) is 0.215. The second-order valence-corrected chi connectivity index (χ2v) is 9.89. The van der Waals surface area contributed by atoms with E-state index in [1.54, 1.807) is 37.3 Å². The van der Waals surface area contributed by atoms with Crippen molar-refractivity contribution >= 4 is 43.7 Å². The van der Waals surface area contributed by atoms with Crippen molar-refractivity contribution in [2.45, 2.75) is 25.7 Å². The first-order chi connectivity index (χ1) is 16.7. The second kappa shape index (κ2) is 11.2. The average Bonchev–Trinajstić information content (AvgIpc) is 2.83. The first-order valence-corrected chi connectivity index (χ1v) is 12.8. The zero-order valence-electron chi connectivity index (χ0n) is 19.3. The van der Waals surface area contributed by atoms with Gasteiger partial charge in [-0.15, -0.1) is 0 Å². The number of nitrogens with zero attached hydrogens (tertiary/aromatic N) is 1. The van der Waals surface area contributed by atoms with Crippen molar-refractivity contribution in [2.24, 2.45) is 0 Å². The molecule has 3 aromatic carbocycles. The topological polar surface area (TPSA) is 105 Å². The SMILES string of the molecule is CCOc1cc(/C=C(\C#N)C(=O)Nc2cccc(C)c2C)cc(Br)c1OS(=O)(=O)c1ccccc1. The lowest BCUT2D eigenvalue weighted by molar-refractivity contribution is -0.112. The van der Waals surface area contributed by atoms with Crippen molar-refractivity contribution in [1.29, 1.82) is 5.26 Å². The van der Waals surface area contributed by atoms with E-state index >= 15 is 0 Å². The number of carbonyl (C=O) groups is 1. The standard InChI is InChI=1S/C26H23BrN2O5S/c1-4-33-24-15-19(13-20(16-28)26(30)29-23-12-8-9-17(2)18(23)3)14-22(27)25(24)34-35(31,32)21-10-6-5-7-11-21/h5-15H,4H2,1-3H3,(H,29,30)/b20-13+. The molecule has 1 amide bonds. The Morgan fingerprint density at radius 3 is 2.49 bits per heavy atom. The van der Waals surface area contributed by atoms with Gasteiger partial charge in [-0.3, -0.25) is 4.79 Å². The predicted molar refractivity (Wildman–Crippen MR) is 138 cm³/mol. The molecule has 0 heterocycles. The first-order valence-electron chi connectivity index (χ1n) is 10.6. The fourth-order valence-electron chi connectivity index (χ4n) is 3.15. The van der Waals surface area contributed by atoms with Crippen LogP contribution in [0.1, 0.15) is 23.6 Å². The minimum absolute atomic E-state index is 0.00630. The molecular weight excluding hydrogens is 532 g/mol. The molecule has 0 saturated carbocycles. The third-order valence-electron chi connectivity index (χ3n) is 5.09. The van der Waals surface area contributed by atoms with Gasteiger partial charge in [0.2, 0.25) is 0 Å². The normalized spacial score (nSPS) is 11.5. The molecule has 35 heavy (non-hydrogen) atoms. The largest absolute Gasteiger partial charge is 0.490 e. The third-order valence-corrected chi connectivity index (χ3v) is 6.91. The molecule has 0 saturated heterocycles. The molecule has 0 aliphatic rings. The number of ether oxygens (including phenoxy) is 1. The molecule has 180 valence electrons. The minimum Gasteiger partial charge on any atom is -0.490 e. The maximum absolute atomic E-state index is 12.8. The second-order valence-electron chi connectivity index (χ2n) is 7.48. The molecule has 0 radical (unpaired) electrons. The number of anilines is 1. The van der Waals surface area contributed by atoms with E-state index in [0.717, 1.165) is 11.1 Å². The number of amides is 1. The highest BCUT2D eigenvalue weighted by Crippen LogP contribution is 2.39. The number of benzene rings is 3. The summed E-state index contributed by atoms with van der Waals surface area (Å²) in [6, 6.07) is 18.2. The summed E-state index contributed by atoms with van der Waals surface area (Å²) in [6.45, 7) is 5.79. The molecule has 7 nitrogen and oxygen atoms in total. The number of carbonyl (C=O) groups excluding carboxylic acids is 1. The molecule has 0 aliphatic carbocycles. The fourth-order valence-corrected chi connectivity index (χ4v) is 4.78. The van der Waals surface area contributed by atoms with Gasteiger partial charge >= 0.3 is 10.1 Å². The van der Waals surface area contributed by atoms with Gasteiger partial charge in [0.05, 0.1) is 11.1 Å². The van der Waals surface area contributed by atoms with Crippen molar-refractivity contribution < 1.29 is 22.1 Å². The number of aryl methyl sites for hydroxylation is 1. The molecule has 0 atom stereocenters. The summed E-state index contributed by atoms with van der Waals surface area (Å²) in [5.74, 6) is -0.465. The molecule has 0 fully saturated rings. The summed E-state index contributed by atoms with van der Waals surface area (Å²) in [4.78, 5) is 12.8. The number of hydrogen-bond acceptors (Lipinski definition) is 6. The highest BCUT2D eigenvalue weighted by Gasteiger charge is 2.22. The molecule has 0 bridgehead atoms. The molecule has 3 aromatic rings. The highest BCUT2D eigenvalue weighted by atomic mass is 79.9. The van der Waals surface area contributed by atoms with Gasteiger partial charge in [0, 0.05) is 5.69 Å². The Kier molecular flexibility index (Phi) is 8.33. The third kappa shape index (κ3) is 6.29. The van der Waals surface area contributed by atoms with E-state index in [-0.39, 0.29) is 33.0 Å². The number of hydrogen-bond donors (Lipinski definition) is 1. The minimum atomic E-state index is -4.11. The van der Waals surface area contributed by atoms with E-state index in [2.05, 4.69) is 21.2 Å². The molecule has 0 aliphatic heterocycles. The van der Waals surface area contributed by atoms with Crippen LogP contribution in [-0.4, -0.2) is 20.9 Å². The zero-order chi connectivity index (χ0) is 25.6. The van der Waals surface area contributed by atoms with Crippen molar-refractivity contribution in [2.75, 3.05) is 11.9 Å². The Bertz CT molecular complexity index is 1430. The van der Waals surface area contributed by atoms with Crippen LogP contribution in [0.4, 0.5) is 5.69 Å². The van der Waals surface area contributed by atoms with E-state index in [1.807, 2.05) is 32.0 Å². The number of halogens is 1. The maximum Gasteiger partial charge on any atom is 0.339 e. The summed E-state index contributed by atoms with van der Waals surface area (Å²) in [6.07, 6.45) is 1.39. The van der Waals surface area contributed by atoms with Gasteiger partial charge in [0.15, 0.2) is 11.5 Å². The highest BCUT2D eigenvalue weighted by molar-refractivity contribution is 9.10. The Labute approximate surface area is 213 Å². The lowest BCUT2D eigenvalue weighted by Crippen LogP contribution is -2.14. The van der Waals surface area contributed by atoms with E-state index in [9.17, 15) is 18.5 Å². The summed E-state index contributed by atoms with van der Waals surface area (Å²) < 4.78 is 36.7. The van der Waals surface area contributed by atoms with Gasteiger partial charge in [-0.1, -0.05) is 30.3 Å². The van der Waals surface area contributed by atoms with Crippen LogP contribution in [0.3, 0.4) is 0 Å². The van der Waals surface area contributed by atoms with Gasteiger partial charge in [-0.05, 0) is 89.8 Å². The van der Waals surface area contributed by atoms with Crippen molar-refractivity contribution in [3.63, 3.8) is 0 Å². The van der Waals surface area contributed by atoms with Crippen molar-refractivity contribution in [3.05, 3.63) is 87.4 Å². The molecule has 0 unspecified atom stereocenters. The Hall–Kier alpha value is -3.61. The summed E-state index contributed by atoms with van der Waals surface area (Å²) in [5, 5.41) is 12.4. The predicted octanol–water partition coefficient (Wildman–Crippen LogP) is 5.78. The Balaban J connectivity index is 1.95. The van der Waals surface area contributed by atoms with Crippen LogP contribution in [0.25, 0.3) is 6.08 Å². The first kappa shape index (κ1) is 26.0. The van der Waals surface area contributed by atoms with Crippen LogP contribution < -0.4 is 14.2 Å². The summed E-state index contributed by atoms with van der Waals surface area (Å²) >= 11 is 3.33. The number of nitrogens with one attached hydrogen (secondary N) is 1. The van der Waals surface area contributed by atoms with E-state index in [4.69, 9.17) is 8.92 Å². The zero-order valence-corrected chi connectivity index (χ0v) is 21.7. The number of nitriles is 1. The van der Waals surface area contributed by atoms with Gasteiger partial charge in [-0.25, -0.2) is 0 Å². The van der Waals surface area contributed by atoms with Crippen LogP contribution in [-0.2, 0) is 14.9 Å². The fraction of sp³-hybridized carbons (Fsp3) is 0.154. The van der Waals surface area contributed by atoms with Crippen LogP contribution in [0, 0.1) is 25.2 Å². The average molecular weight is 555 g/mol.